The number of aromatic nitrogens is 2. The Kier molecular flexibility index (Phi) is 4.32. The molecule has 0 spiro atoms. The molecule has 0 unspecified atom stereocenters. The number of halogens is 5. The number of nitrogens with zero attached hydrogens (tertiary/aromatic N) is 2. The van der Waals surface area contributed by atoms with Crippen LogP contribution < -0.4 is 5.32 Å². The molecule has 0 saturated heterocycles. The number of fused-ring (bicyclic) bond motifs is 1. The summed E-state index contributed by atoms with van der Waals surface area (Å²) >= 11 is 0. The van der Waals surface area contributed by atoms with Gasteiger partial charge in [-0.1, -0.05) is 6.07 Å². The molecule has 1 aliphatic carbocycles. The number of alkyl halides is 3. The first-order valence-corrected chi connectivity index (χ1v) is 8.55. The van der Waals surface area contributed by atoms with Crippen LogP contribution in [0.5, 0.6) is 0 Å². The van der Waals surface area contributed by atoms with Crippen molar-refractivity contribution in [2.24, 2.45) is 0 Å². The maximum absolute atomic E-state index is 13.3. The minimum absolute atomic E-state index is 0.0112. The Bertz CT molecular complexity index is 1070. The number of hydrogen-bond donors (Lipinski definition) is 1. The van der Waals surface area contributed by atoms with Crippen molar-refractivity contribution in [2.75, 3.05) is 5.32 Å². The van der Waals surface area contributed by atoms with E-state index in [0.29, 0.717) is 5.69 Å². The van der Waals surface area contributed by atoms with Crippen molar-refractivity contribution >= 4 is 17.4 Å². The molecule has 1 aliphatic rings. The number of nitrogens with one attached hydrogen (secondary N) is 1. The summed E-state index contributed by atoms with van der Waals surface area (Å²) in [7, 11) is 0. The van der Waals surface area contributed by atoms with Gasteiger partial charge in [-0.05, 0) is 42.7 Å². The fourth-order valence-electron chi connectivity index (χ4n) is 3.08. The van der Waals surface area contributed by atoms with Gasteiger partial charge < -0.3 is 9.72 Å². The molecule has 28 heavy (non-hydrogen) atoms. The van der Waals surface area contributed by atoms with Crippen LogP contribution in [0.15, 0.2) is 36.5 Å². The van der Waals surface area contributed by atoms with Crippen LogP contribution in [0.4, 0.5) is 27.8 Å². The summed E-state index contributed by atoms with van der Waals surface area (Å²) in [6, 6.07) is 5.33. The van der Waals surface area contributed by atoms with Gasteiger partial charge in [-0.3, -0.25) is 4.79 Å². The van der Waals surface area contributed by atoms with Gasteiger partial charge in [0.25, 0.3) is 0 Å². The van der Waals surface area contributed by atoms with E-state index in [1.54, 1.807) is 0 Å². The third-order valence-corrected chi connectivity index (χ3v) is 4.55. The maximum Gasteiger partial charge on any atom is 0.417 e. The highest BCUT2D eigenvalue weighted by Gasteiger charge is 2.34. The number of rotatable bonds is 4. The van der Waals surface area contributed by atoms with Crippen molar-refractivity contribution in [3.05, 3.63) is 65.0 Å². The molecule has 0 radical (unpaired) electrons. The van der Waals surface area contributed by atoms with E-state index < -0.39 is 29.3 Å². The van der Waals surface area contributed by atoms with E-state index >= 15 is 0 Å². The Balaban J connectivity index is 1.63. The second-order valence-corrected chi connectivity index (χ2v) is 6.74. The van der Waals surface area contributed by atoms with Crippen LogP contribution in [-0.2, 0) is 17.4 Å². The number of carbonyl (C=O) groups is 1. The summed E-state index contributed by atoms with van der Waals surface area (Å²) in [5.74, 6) is -2.39. The minimum Gasteiger partial charge on any atom is -0.309 e. The third kappa shape index (κ3) is 3.56. The van der Waals surface area contributed by atoms with Crippen LogP contribution in [0.3, 0.4) is 0 Å². The van der Waals surface area contributed by atoms with E-state index in [2.05, 4.69) is 10.3 Å². The topological polar surface area (TPSA) is 46.4 Å². The van der Waals surface area contributed by atoms with Crippen LogP contribution in [0, 0.1) is 11.6 Å². The van der Waals surface area contributed by atoms with E-state index in [1.807, 2.05) is 0 Å². The monoisotopic (exact) mass is 395 g/mol. The van der Waals surface area contributed by atoms with Crippen molar-refractivity contribution in [1.82, 2.24) is 9.38 Å². The molecule has 3 aromatic rings. The lowest BCUT2D eigenvalue weighted by atomic mass is 10.1. The van der Waals surface area contributed by atoms with E-state index in [-0.39, 0.29) is 29.4 Å². The lowest BCUT2D eigenvalue weighted by Crippen LogP contribution is -2.16. The van der Waals surface area contributed by atoms with Gasteiger partial charge in [-0.25, -0.2) is 13.8 Å². The van der Waals surface area contributed by atoms with E-state index in [4.69, 9.17) is 0 Å². The first-order valence-electron chi connectivity index (χ1n) is 8.55. The normalized spacial score (nSPS) is 14.5. The van der Waals surface area contributed by atoms with E-state index in [0.717, 1.165) is 37.2 Å². The number of anilines is 1. The zero-order chi connectivity index (χ0) is 20.1. The molecule has 4 nitrogen and oxygen atoms in total. The average Bonchev–Trinajstić information content (AvgIpc) is 3.38. The third-order valence-electron chi connectivity index (χ3n) is 4.55. The van der Waals surface area contributed by atoms with Gasteiger partial charge in [0, 0.05) is 12.1 Å². The van der Waals surface area contributed by atoms with Crippen molar-refractivity contribution in [1.29, 1.82) is 0 Å². The Morgan fingerprint density at radius 1 is 1.14 bits per heavy atom. The summed E-state index contributed by atoms with van der Waals surface area (Å²) < 4.78 is 66.7. The maximum atomic E-state index is 13.3. The smallest absolute Gasteiger partial charge is 0.309 e. The number of imidazole rings is 1. The van der Waals surface area contributed by atoms with Crippen LogP contribution in [0.1, 0.15) is 35.6 Å². The van der Waals surface area contributed by atoms with E-state index in [9.17, 15) is 26.7 Å². The summed E-state index contributed by atoms with van der Waals surface area (Å²) in [6.07, 6.45) is -2.16. The molecule has 0 bridgehead atoms. The highest BCUT2D eigenvalue weighted by atomic mass is 19.4. The highest BCUT2D eigenvalue weighted by Crippen LogP contribution is 2.44. The molecule has 4 rings (SSSR count). The zero-order valence-corrected chi connectivity index (χ0v) is 14.4. The van der Waals surface area contributed by atoms with Crippen molar-refractivity contribution in [2.45, 2.75) is 31.4 Å². The average molecular weight is 395 g/mol. The van der Waals surface area contributed by atoms with Gasteiger partial charge in [-0.15, -0.1) is 0 Å². The molecule has 9 heteroatoms. The van der Waals surface area contributed by atoms with Gasteiger partial charge in [0.05, 0.1) is 17.7 Å². The molecule has 1 fully saturated rings. The second-order valence-electron chi connectivity index (χ2n) is 6.74. The predicted octanol–water partition coefficient (Wildman–Crippen LogP) is 4.69. The summed E-state index contributed by atoms with van der Waals surface area (Å²) in [5, 5.41) is 2.59. The molecular formula is C19H14F5N3O. The first-order chi connectivity index (χ1) is 13.2. The van der Waals surface area contributed by atoms with Gasteiger partial charge in [0.2, 0.25) is 5.91 Å². The van der Waals surface area contributed by atoms with Crippen LogP contribution in [-0.4, -0.2) is 15.3 Å². The first kappa shape index (κ1) is 18.4. The molecule has 1 amide bonds. The largest absolute Gasteiger partial charge is 0.417 e. The van der Waals surface area contributed by atoms with Gasteiger partial charge in [0.15, 0.2) is 17.5 Å². The van der Waals surface area contributed by atoms with E-state index in [1.165, 1.54) is 16.5 Å². The molecule has 1 aromatic carbocycles. The van der Waals surface area contributed by atoms with Crippen LogP contribution in [0.25, 0.3) is 5.65 Å². The summed E-state index contributed by atoms with van der Waals surface area (Å²) in [6.45, 7) is 0. The Hall–Kier alpha value is -2.97. The lowest BCUT2D eigenvalue weighted by molar-refractivity contribution is -0.137. The number of hydrogen-bond acceptors (Lipinski definition) is 2. The summed E-state index contributed by atoms with van der Waals surface area (Å²) in [5.41, 5.74) is 0.268. The standard InChI is InChI=1S/C19H14F5N3O/c20-13-5-1-10(7-14(13)21)8-16(28)26-18-17(11-2-3-11)27-9-12(19(22,23)24)4-6-15(27)25-18/h1,4-7,9,11H,2-3,8H2,(H,26,28). The van der Waals surface area contributed by atoms with Gasteiger partial charge >= 0.3 is 6.18 Å². The quantitative estimate of drug-likeness (QED) is 0.652. The lowest BCUT2D eigenvalue weighted by Gasteiger charge is -2.09. The number of benzene rings is 1. The van der Waals surface area contributed by atoms with Gasteiger partial charge in [0.1, 0.15) is 5.65 Å². The summed E-state index contributed by atoms with van der Waals surface area (Å²) in [4.78, 5) is 16.6. The zero-order valence-electron chi connectivity index (χ0n) is 14.4. The molecule has 1 N–H and O–H groups in total. The Morgan fingerprint density at radius 2 is 1.89 bits per heavy atom. The Labute approximate surface area is 156 Å². The van der Waals surface area contributed by atoms with Crippen LogP contribution in [0.2, 0.25) is 0 Å². The molecule has 1 saturated carbocycles. The predicted molar refractivity (Wildman–Crippen MR) is 90.9 cm³/mol. The molecule has 0 aliphatic heterocycles. The number of pyridine rings is 1. The molecule has 2 aromatic heterocycles. The fraction of sp³-hybridized carbons (Fsp3) is 0.263. The van der Waals surface area contributed by atoms with Gasteiger partial charge in [-0.2, -0.15) is 13.2 Å². The number of carbonyl (C=O) groups excluding carboxylic acids is 1. The second kappa shape index (κ2) is 6.57. The molecular weight excluding hydrogens is 381 g/mol. The molecule has 2 heterocycles. The molecule has 0 atom stereocenters. The SMILES string of the molecule is O=C(Cc1ccc(F)c(F)c1)Nc1nc2ccc(C(F)(F)F)cn2c1C1CC1. The minimum atomic E-state index is -4.49. The molecule has 146 valence electrons. The van der Waals surface area contributed by atoms with Crippen molar-refractivity contribution in [3.8, 4) is 0 Å². The highest BCUT2D eigenvalue weighted by molar-refractivity contribution is 5.92. The van der Waals surface area contributed by atoms with Crippen molar-refractivity contribution in [3.63, 3.8) is 0 Å². The Morgan fingerprint density at radius 3 is 2.54 bits per heavy atom. The van der Waals surface area contributed by atoms with Crippen LogP contribution >= 0.6 is 0 Å². The van der Waals surface area contributed by atoms with Crippen molar-refractivity contribution < 1.29 is 26.7 Å². The fourth-order valence-corrected chi connectivity index (χ4v) is 3.08. The number of amides is 1.